The second-order valence-corrected chi connectivity index (χ2v) is 8.36. The quantitative estimate of drug-likeness (QED) is 0.686. The van der Waals surface area contributed by atoms with Crippen molar-refractivity contribution in [3.63, 3.8) is 0 Å². The lowest BCUT2D eigenvalue weighted by molar-refractivity contribution is 0.102. The summed E-state index contributed by atoms with van der Waals surface area (Å²) >= 11 is 1.49. The summed E-state index contributed by atoms with van der Waals surface area (Å²) < 4.78 is 1.38. The second kappa shape index (κ2) is 8.18. The summed E-state index contributed by atoms with van der Waals surface area (Å²) in [5, 5.41) is 18.5. The van der Waals surface area contributed by atoms with Crippen LogP contribution in [0.15, 0.2) is 29.1 Å². The molecule has 0 atom stereocenters. The minimum absolute atomic E-state index is 0.185. The van der Waals surface area contributed by atoms with E-state index in [1.807, 2.05) is 6.92 Å². The molecule has 0 spiro atoms. The molecule has 7 heteroatoms. The highest BCUT2D eigenvalue weighted by Crippen LogP contribution is 2.37. The minimum Gasteiger partial charge on any atom is -0.311 e. The van der Waals surface area contributed by atoms with Crippen molar-refractivity contribution in [3.8, 4) is 6.07 Å². The van der Waals surface area contributed by atoms with Gasteiger partial charge in [-0.1, -0.05) is 31.5 Å². The minimum atomic E-state index is -0.387. The summed E-state index contributed by atoms with van der Waals surface area (Å²) in [6.07, 6.45) is 5.75. The Labute approximate surface area is 172 Å². The highest BCUT2D eigenvalue weighted by molar-refractivity contribution is 7.16. The van der Waals surface area contributed by atoms with Crippen molar-refractivity contribution in [1.82, 2.24) is 9.78 Å². The van der Waals surface area contributed by atoms with E-state index in [1.54, 1.807) is 24.3 Å². The Morgan fingerprint density at radius 1 is 1.28 bits per heavy atom. The number of carbonyl (C=O) groups is 1. The Kier molecular flexibility index (Phi) is 5.45. The topological polar surface area (TPSA) is 87.8 Å². The molecule has 0 saturated carbocycles. The third-order valence-corrected chi connectivity index (χ3v) is 6.52. The lowest BCUT2D eigenvalue weighted by Crippen LogP contribution is -2.27. The number of amides is 1. The first-order valence-electron chi connectivity index (χ1n) is 10.00. The van der Waals surface area contributed by atoms with Gasteiger partial charge in [0.1, 0.15) is 11.1 Å². The molecule has 1 aromatic carbocycles. The van der Waals surface area contributed by atoms with Gasteiger partial charge in [0, 0.05) is 16.8 Å². The number of nitriles is 1. The van der Waals surface area contributed by atoms with Gasteiger partial charge in [-0.25, -0.2) is 4.68 Å². The molecule has 6 nitrogen and oxygen atoms in total. The van der Waals surface area contributed by atoms with Crippen LogP contribution in [0.5, 0.6) is 0 Å². The normalized spacial score (nSPS) is 13.1. The molecule has 3 aromatic rings. The summed E-state index contributed by atoms with van der Waals surface area (Å²) in [6.45, 7) is 2.51. The van der Waals surface area contributed by atoms with Crippen LogP contribution in [0.1, 0.15) is 59.1 Å². The van der Waals surface area contributed by atoms with E-state index in [0.717, 1.165) is 44.1 Å². The molecular weight excluding hydrogens is 384 g/mol. The molecule has 2 aromatic heterocycles. The van der Waals surface area contributed by atoms with Gasteiger partial charge in [0.25, 0.3) is 11.5 Å². The Bertz CT molecular complexity index is 1190. The zero-order chi connectivity index (χ0) is 20.4. The van der Waals surface area contributed by atoms with Gasteiger partial charge >= 0.3 is 0 Å². The smallest absolute Gasteiger partial charge is 0.277 e. The summed E-state index contributed by atoms with van der Waals surface area (Å²) in [4.78, 5) is 27.1. The van der Waals surface area contributed by atoms with Crippen LogP contribution < -0.4 is 10.9 Å². The molecule has 0 unspecified atom stereocenters. The number of rotatable bonds is 5. The van der Waals surface area contributed by atoms with Gasteiger partial charge in [-0.3, -0.25) is 9.59 Å². The maximum Gasteiger partial charge on any atom is 0.277 e. The van der Waals surface area contributed by atoms with Gasteiger partial charge in [-0.2, -0.15) is 10.4 Å². The average molecular weight is 407 g/mol. The van der Waals surface area contributed by atoms with Crippen LogP contribution in [0, 0.1) is 11.3 Å². The van der Waals surface area contributed by atoms with E-state index in [4.69, 9.17) is 0 Å². The highest BCUT2D eigenvalue weighted by Gasteiger charge is 2.24. The van der Waals surface area contributed by atoms with E-state index in [0.29, 0.717) is 27.9 Å². The Morgan fingerprint density at radius 3 is 2.79 bits per heavy atom. The van der Waals surface area contributed by atoms with Crippen molar-refractivity contribution >= 4 is 33.0 Å². The fourth-order valence-electron chi connectivity index (χ4n) is 3.80. The van der Waals surface area contributed by atoms with Gasteiger partial charge in [0.05, 0.1) is 10.9 Å². The van der Waals surface area contributed by atoms with Crippen molar-refractivity contribution in [2.24, 2.45) is 0 Å². The van der Waals surface area contributed by atoms with E-state index in [1.165, 1.54) is 20.9 Å². The van der Waals surface area contributed by atoms with Crippen molar-refractivity contribution < 1.29 is 4.79 Å². The number of aryl methyl sites for hydroxylation is 2. The monoisotopic (exact) mass is 406 g/mol. The van der Waals surface area contributed by atoms with Gasteiger partial charge in [0.2, 0.25) is 0 Å². The molecule has 2 heterocycles. The molecule has 0 saturated heterocycles. The Morgan fingerprint density at radius 2 is 2.03 bits per heavy atom. The van der Waals surface area contributed by atoms with Crippen LogP contribution in [-0.4, -0.2) is 15.7 Å². The molecule has 1 N–H and O–H groups in total. The molecular formula is C22H22N4O2S. The first-order chi connectivity index (χ1) is 14.1. The first kappa shape index (κ1) is 19.3. The van der Waals surface area contributed by atoms with Crippen LogP contribution in [0.2, 0.25) is 0 Å². The predicted molar refractivity (Wildman–Crippen MR) is 115 cm³/mol. The highest BCUT2D eigenvalue weighted by atomic mass is 32.1. The molecule has 4 rings (SSSR count). The molecule has 0 radical (unpaired) electrons. The van der Waals surface area contributed by atoms with E-state index in [-0.39, 0.29) is 17.2 Å². The van der Waals surface area contributed by atoms with Crippen LogP contribution in [0.25, 0.3) is 10.8 Å². The number of nitrogens with zero attached hydrogens (tertiary/aromatic N) is 3. The van der Waals surface area contributed by atoms with Crippen molar-refractivity contribution in [1.29, 1.82) is 5.26 Å². The van der Waals surface area contributed by atoms with Crippen molar-refractivity contribution in [2.45, 2.75) is 52.0 Å². The Balaban J connectivity index is 1.76. The van der Waals surface area contributed by atoms with Crippen LogP contribution in [0.4, 0.5) is 5.00 Å². The molecule has 29 heavy (non-hydrogen) atoms. The predicted octanol–water partition coefficient (Wildman–Crippen LogP) is 4.26. The van der Waals surface area contributed by atoms with Crippen LogP contribution in [0.3, 0.4) is 0 Å². The number of thiophene rings is 1. The van der Waals surface area contributed by atoms with Crippen molar-refractivity contribution in [3.05, 3.63) is 56.3 Å². The molecule has 0 fully saturated rings. The van der Waals surface area contributed by atoms with Crippen molar-refractivity contribution in [2.75, 3.05) is 5.32 Å². The molecule has 0 aliphatic heterocycles. The maximum atomic E-state index is 13.2. The van der Waals surface area contributed by atoms with Crippen LogP contribution >= 0.6 is 11.3 Å². The SMILES string of the molecule is CCCCn1nc(C(=O)Nc2sc3c(c2C#N)CCCC3)c2ccccc2c1=O. The largest absolute Gasteiger partial charge is 0.311 e. The van der Waals surface area contributed by atoms with E-state index in [9.17, 15) is 14.9 Å². The number of unbranched alkanes of at least 4 members (excludes halogenated alkanes) is 1. The van der Waals surface area contributed by atoms with E-state index >= 15 is 0 Å². The zero-order valence-corrected chi connectivity index (χ0v) is 17.1. The maximum absolute atomic E-state index is 13.2. The number of anilines is 1. The molecule has 1 amide bonds. The fourth-order valence-corrected chi connectivity index (χ4v) is 5.03. The number of fused-ring (bicyclic) bond motifs is 2. The summed E-state index contributed by atoms with van der Waals surface area (Å²) in [5.41, 5.74) is 1.67. The second-order valence-electron chi connectivity index (χ2n) is 7.26. The average Bonchev–Trinajstić information content (AvgIpc) is 3.10. The number of hydrogen-bond donors (Lipinski definition) is 1. The van der Waals surface area contributed by atoms with Gasteiger partial charge < -0.3 is 5.32 Å². The summed E-state index contributed by atoms with van der Waals surface area (Å²) in [7, 11) is 0. The number of carbonyl (C=O) groups excluding carboxylic acids is 1. The van der Waals surface area contributed by atoms with Crippen LogP contribution in [-0.2, 0) is 19.4 Å². The molecule has 1 aliphatic rings. The van der Waals surface area contributed by atoms with Gasteiger partial charge in [-0.15, -0.1) is 11.3 Å². The lowest BCUT2D eigenvalue weighted by atomic mass is 9.96. The number of aromatic nitrogens is 2. The third-order valence-electron chi connectivity index (χ3n) is 5.32. The molecule has 1 aliphatic carbocycles. The summed E-state index contributed by atoms with van der Waals surface area (Å²) in [5.74, 6) is -0.387. The number of hydrogen-bond acceptors (Lipinski definition) is 5. The Hall–Kier alpha value is -2.98. The fraction of sp³-hybridized carbons (Fsp3) is 0.364. The van der Waals surface area contributed by atoms with E-state index < -0.39 is 0 Å². The summed E-state index contributed by atoms with van der Waals surface area (Å²) in [6, 6.07) is 9.32. The van der Waals surface area contributed by atoms with Gasteiger partial charge in [0.15, 0.2) is 5.69 Å². The molecule has 0 bridgehead atoms. The lowest BCUT2D eigenvalue weighted by Gasteiger charge is -2.11. The number of benzene rings is 1. The standard InChI is InChI=1S/C22H22N4O2S/c1-2-3-12-26-22(28)16-10-5-4-9-15(16)19(25-26)20(27)24-21-17(13-23)14-8-6-7-11-18(14)29-21/h4-5,9-10H,2-3,6-8,11-12H2,1H3,(H,24,27). The number of nitrogens with one attached hydrogen (secondary N) is 1. The third kappa shape index (κ3) is 3.56. The molecule has 148 valence electrons. The van der Waals surface area contributed by atoms with E-state index in [2.05, 4.69) is 16.5 Å². The van der Waals surface area contributed by atoms with Gasteiger partial charge in [-0.05, 0) is 43.7 Å². The zero-order valence-electron chi connectivity index (χ0n) is 16.3. The first-order valence-corrected chi connectivity index (χ1v) is 10.8.